The molecule has 0 aromatic carbocycles. The molecule has 0 aromatic rings. The van der Waals surface area contributed by atoms with Crippen molar-refractivity contribution in [1.82, 2.24) is 0 Å². The maximum absolute atomic E-state index is 9.87. The van der Waals surface area contributed by atoms with E-state index in [-0.39, 0.29) is 11.5 Å². The predicted molar refractivity (Wildman–Crippen MR) is 78.0 cm³/mol. The molecule has 0 aromatic heterocycles. The van der Waals surface area contributed by atoms with Crippen molar-refractivity contribution in [1.29, 1.82) is 5.26 Å². The number of alkyl halides is 1. The van der Waals surface area contributed by atoms with Gasteiger partial charge in [0.25, 0.3) is 0 Å². The van der Waals surface area contributed by atoms with Gasteiger partial charge in [0.15, 0.2) is 0 Å². The van der Waals surface area contributed by atoms with Crippen molar-refractivity contribution in [3.8, 4) is 17.9 Å². The van der Waals surface area contributed by atoms with E-state index < -0.39 is 5.60 Å². The number of hydrogen-bond donors (Lipinski definition) is 1. The summed E-state index contributed by atoms with van der Waals surface area (Å²) in [5, 5.41) is 18.3. The van der Waals surface area contributed by atoms with Gasteiger partial charge in [-0.15, -0.1) is 11.6 Å². The monoisotopic (exact) mass is 295 g/mol. The summed E-state index contributed by atoms with van der Waals surface area (Å²) >= 11 is 6.25. The Morgan fingerprint density at radius 1 is 1.40 bits per heavy atom. The molecule has 2 bridgehead atoms. The Balaban J connectivity index is 1.82. The van der Waals surface area contributed by atoms with Crippen molar-refractivity contribution in [2.24, 2.45) is 17.8 Å². The maximum Gasteiger partial charge on any atom is 0.123 e. The largest absolute Gasteiger partial charge is 0.391 e. The molecule has 0 heterocycles. The van der Waals surface area contributed by atoms with Crippen LogP contribution in [0.25, 0.3) is 0 Å². The standard InChI is InChI=1S/C16H22ClNO2/c1-16(2,20-8-4-7-18)6-3-5-11-9-12-10-13(11)14(17)15(12)19/h11-15,19H,4-5,8-10H2,1-2H3. The third-order valence-electron chi connectivity index (χ3n) is 4.43. The summed E-state index contributed by atoms with van der Waals surface area (Å²) in [6.07, 6.45) is 2.98. The van der Waals surface area contributed by atoms with E-state index in [4.69, 9.17) is 21.6 Å². The molecular formula is C16H22ClNO2. The van der Waals surface area contributed by atoms with Crippen molar-refractivity contribution in [2.45, 2.75) is 56.6 Å². The molecule has 5 unspecified atom stereocenters. The molecule has 5 atom stereocenters. The lowest BCUT2D eigenvalue weighted by Crippen LogP contribution is -2.32. The Kier molecular flexibility index (Phi) is 4.97. The molecule has 0 aliphatic heterocycles. The van der Waals surface area contributed by atoms with Gasteiger partial charge in [-0.2, -0.15) is 5.26 Å². The molecule has 4 heteroatoms. The van der Waals surface area contributed by atoms with E-state index in [1.165, 1.54) is 0 Å². The smallest absolute Gasteiger partial charge is 0.123 e. The van der Waals surface area contributed by atoms with Crippen LogP contribution in [0.15, 0.2) is 0 Å². The Bertz CT molecular complexity index is 444. The minimum absolute atomic E-state index is 0.0968. The van der Waals surface area contributed by atoms with E-state index >= 15 is 0 Å². The van der Waals surface area contributed by atoms with Crippen LogP contribution in [0.2, 0.25) is 0 Å². The second kappa shape index (κ2) is 6.35. The van der Waals surface area contributed by atoms with Crippen LogP contribution in [0.4, 0.5) is 0 Å². The summed E-state index contributed by atoms with van der Waals surface area (Å²) < 4.78 is 5.57. The zero-order valence-electron chi connectivity index (χ0n) is 12.1. The quantitative estimate of drug-likeness (QED) is 0.493. The Hall–Kier alpha value is -0.740. The summed E-state index contributed by atoms with van der Waals surface area (Å²) in [5.74, 6) is 7.65. The molecule has 2 aliphatic rings. The molecular weight excluding hydrogens is 274 g/mol. The van der Waals surface area contributed by atoms with Gasteiger partial charge in [-0.3, -0.25) is 0 Å². The van der Waals surface area contributed by atoms with E-state index in [1.54, 1.807) is 0 Å². The van der Waals surface area contributed by atoms with Crippen molar-refractivity contribution in [3.05, 3.63) is 0 Å². The number of ether oxygens (including phenoxy) is 1. The average Bonchev–Trinajstić information content (AvgIpc) is 2.91. The Morgan fingerprint density at radius 3 is 2.75 bits per heavy atom. The average molecular weight is 296 g/mol. The minimum Gasteiger partial charge on any atom is -0.391 e. The highest BCUT2D eigenvalue weighted by Gasteiger charge is 2.50. The molecule has 2 saturated carbocycles. The van der Waals surface area contributed by atoms with Crippen LogP contribution in [-0.4, -0.2) is 28.8 Å². The zero-order valence-corrected chi connectivity index (χ0v) is 12.9. The lowest BCUT2D eigenvalue weighted by molar-refractivity contribution is 0.0306. The van der Waals surface area contributed by atoms with Gasteiger partial charge in [0.1, 0.15) is 5.60 Å². The Morgan fingerprint density at radius 2 is 2.15 bits per heavy atom. The molecule has 2 rings (SSSR count). The summed E-state index contributed by atoms with van der Waals surface area (Å²) in [7, 11) is 0. The first-order valence-corrected chi connectivity index (χ1v) is 7.71. The molecule has 0 spiro atoms. The van der Waals surface area contributed by atoms with E-state index in [1.807, 2.05) is 13.8 Å². The lowest BCUT2D eigenvalue weighted by atomic mass is 9.85. The Labute approximate surface area is 126 Å². The predicted octanol–water partition coefficient (Wildman–Crippen LogP) is 2.71. The highest BCUT2D eigenvalue weighted by atomic mass is 35.5. The van der Waals surface area contributed by atoms with Crippen LogP contribution in [0.3, 0.4) is 0 Å². The van der Waals surface area contributed by atoms with Gasteiger partial charge < -0.3 is 9.84 Å². The second-order valence-corrected chi connectivity index (χ2v) is 6.87. The normalized spacial score (nSPS) is 35.5. The summed E-state index contributed by atoms with van der Waals surface area (Å²) in [6, 6.07) is 2.06. The first-order valence-electron chi connectivity index (χ1n) is 7.27. The molecule has 0 saturated heterocycles. The number of fused-ring (bicyclic) bond motifs is 2. The number of nitrogens with zero attached hydrogens (tertiary/aromatic N) is 1. The maximum atomic E-state index is 9.87. The van der Waals surface area contributed by atoms with E-state index in [0.29, 0.717) is 30.8 Å². The first-order chi connectivity index (χ1) is 9.44. The fourth-order valence-electron chi connectivity index (χ4n) is 3.40. The summed E-state index contributed by atoms with van der Waals surface area (Å²) in [4.78, 5) is 0. The first kappa shape index (κ1) is 15.6. The number of halogens is 1. The number of aliphatic hydroxyl groups is 1. The molecule has 2 aliphatic carbocycles. The van der Waals surface area contributed by atoms with E-state index in [2.05, 4.69) is 17.9 Å². The van der Waals surface area contributed by atoms with Crippen LogP contribution in [0.5, 0.6) is 0 Å². The van der Waals surface area contributed by atoms with E-state index in [9.17, 15) is 5.11 Å². The molecule has 0 amide bonds. The highest BCUT2D eigenvalue weighted by molar-refractivity contribution is 6.21. The van der Waals surface area contributed by atoms with Crippen LogP contribution in [0, 0.1) is 40.9 Å². The number of aliphatic hydroxyl groups excluding tert-OH is 1. The second-order valence-electron chi connectivity index (χ2n) is 6.36. The van der Waals surface area contributed by atoms with Crippen molar-refractivity contribution in [3.63, 3.8) is 0 Å². The van der Waals surface area contributed by atoms with Crippen LogP contribution < -0.4 is 0 Å². The minimum atomic E-state index is -0.506. The third kappa shape index (κ3) is 3.47. The molecule has 1 N–H and O–H groups in total. The van der Waals surface area contributed by atoms with Gasteiger partial charge in [-0.1, -0.05) is 11.8 Å². The number of nitriles is 1. The zero-order chi connectivity index (χ0) is 14.8. The highest BCUT2D eigenvalue weighted by Crippen LogP contribution is 2.51. The van der Waals surface area contributed by atoms with Crippen LogP contribution in [0.1, 0.15) is 39.5 Å². The molecule has 2 fully saturated rings. The molecule has 0 radical (unpaired) electrons. The fraction of sp³-hybridized carbons (Fsp3) is 0.812. The number of rotatable bonds is 4. The SMILES string of the molecule is CC(C)(C#CCC1CC2CC1C(Cl)C2O)OCCC#N. The molecule has 20 heavy (non-hydrogen) atoms. The van der Waals surface area contributed by atoms with Crippen LogP contribution in [-0.2, 0) is 4.74 Å². The fourth-order valence-corrected chi connectivity index (χ4v) is 3.92. The molecule has 3 nitrogen and oxygen atoms in total. The van der Waals surface area contributed by atoms with E-state index in [0.717, 1.165) is 19.3 Å². The van der Waals surface area contributed by atoms with Gasteiger partial charge >= 0.3 is 0 Å². The molecule has 110 valence electrons. The third-order valence-corrected chi connectivity index (χ3v) is 5.02. The summed E-state index contributed by atoms with van der Waals surface area (Å²) in [6.45, 7) is 4.26. The number of hydrogen-bond acceptors (Lipinski definition) is 3. The topological polar surface area (TPSA) is 53.2 Å². The van der Waals surface area contributed by atoms with Gasteiger partial charge in [0.2, 0.25) is 0 Å². The van der Waals surface area contributed by atoms with Crippen LogP contribution >= 0.6 is 11.6 Å². The van der Waals surface area contributed by atoms with Gasteiger partial charge in [-0.25, -0.2) is 0 Å². The van der Waals surface area contributed by atoms with Crippen molar-refractivity contribution >= 4 is 11.6 Å². The summed E-state index contributed by atoms with van der Waals surface area (Å²) in [5.41, 5.74) is -0.506. The lowest BCUT2D eigenvalue weighted by Gasteiger charge is -2.28. The van der Waals surface area contributed by atoms with Gasteiger partial charge in [0, 0.05) is 6.42 Å². The van der Waals surface area contributed by atoms with Crippen molar-refractivity contribution in [2.75, 3.05) is 6.61 Å². The van der Waals surface area contributed by atoms with Crippen molar-refractivity contribution < 1.29 is 9.84 Å². The van der Waals surface area contributed by atoms with Gasteiger partial charge in [-0.05, 0) is 44.4 Å². The van der Waals surface area contributed by atoms with Gasteiger partial charge in [0.05, 0.1) is 30.6 Å².